The summed E-state index contributed by atoms with van der Waals surface area (Å²) in [6.45, 7) is 0. The minimum atomic E-state index is -5.15. The minimum Gasteiger partial charge on any atom is -0.492 e. The lowest BCUT2D eigenvalue weighted by Crippen LogP contribution is -2.20. The van der Waals surface area contributed by atoms with Crippen molar-refractivity contribution in [3.05, 3.63) is 17.5 Å². The second-order valence-corrected chi connectivity index (χ2v) is 3.72. The van der Waals surface area contributed by atoms with Crippen LogP contribution in [0, 0.1) is 0 Å². The predicted molar refractivity (Wildman–Crippen MR) is 55.1 cm³/mol. The van der Waals surface area contributed by atoms with Crippen molar-refractivity contribution in [1.82, 2.24) is 4.98 Å². The van der Waals surface area contributed by atoms with E-state index in [1.54, 1.807) is 0 Å². The third kappa shape index (κ3) is 3.88. The average molecular weight is 354 g/mol. The lowest BCUT2D eigenvalue weighted by molar-refractivity contribution is -0.275. The smallest absolute Gasteiger partial charge is 0.492 e. The van der Waals surface area contributed by atoms with Crippen molar-refractivity contribution >= 4 is 15.9 Å². The number of halogens is 7. The van der Waals surface area contributed by atoms with Gasteiger partial charge in [-0.3, -0.25) is 4.98 Å². The third-order valence-corrected chi connectivity index (χ3v) is 2.45. The Morgan fingerprint density at radius 3 is 2.16 bits per heavy atom. The van der Waals surface area contributed by atoms with Crippen LogP contribution in [-0.2, 0) is 11.5 Å². The van der Waals surface area contributed by atoms with Crippen LogP contribution in [0.25, 0.3) is 0 Å². The molecule has 0 bridgehead atoms. The normalized spacial score (nSPS) is 12.4. The van der Waals surface area contributed by atoms with E-state index >= 15 is 0 Å². The maximum Gasteiger partial charge on any atom is 0.573 e. The van der Waals surface area contributed by atoms with Crippen molar-refractivity contribution < 1.29 is 35.8 Å². The fraction of sp³-hybridized carbons (Fsp3) is 0.444. The minimum absolute atomic E-state index is 0.301. The third-order valence-electron chi connectivity index (χ3n) is 1.92. The number of alkyl halides is 7. The number of nitrogens with zero attached hydrogens (tertiary/aromatic N) is 1. The quantitative estimate of drug-likeness (QED) is 0.610. The van der Waals surface area contributed by atoms with Crippen molar-refractivity contribution in [3.63, 3.8) is 0 Å². The van der Waals surface area contributed by atoms with Gasteiger partial charge in [0.1, 0.15) is 5.56 Å². The Morgan fingerprint density at radius 2 is 1.79 bits per heavy atom. The maximum atomic E-state index is 12.8. The molecule has 1 aromatic heterocycles. The highest BCUT2D eigenvalue weighted by molar-refractivity contribution is 9.08. The lowest BCUT2D eigenvalue weighted by Gasteiger charge is -2.18. The SMILES string of the molecule is COc1c(OC(F)(F)F)cnc(CBr)c1C(F)(F)F. The van der Waals surface area contributed by atoms with Crippen molar-refractivity contribution in [2.45, 2.75) is 17.9 Å². The van der Waals surface area contributed by atoms with Crippen molar-refractivity contribution in [2.24, 2.45) is 0 Å². The molecule has 0 amide bonds. The van der Waals surface area contributed by atoms with Gasteiger partial charge in [0.2, 0.25) is 0 Å². The van der Waals surface area contributed by atoms with E-state index in [-0.39, 0.29) is 5.33 Å². The van der Waals surface area contributed by atoms with E-state index in [9.17, 15) is 26.3 Å². The molecule has 0 radical (unpaired) electrons. The molecule has 0 aromatic carbocycles. The van der Waals surface area contributed by atoms with Gasteiger partial charge in [0.05, 0.1) is 19.0 Å². The summed E-state index contributed by atoms with van der Waals surface area (Å²) in [7, 11) is 0.811. The van der Waals surface area contributed by atoms with Crippen LogP contribution in [0.15, 0.2) is 6.20 Å². The average Bonchev–Trinajstić information content (AvgIpc) is 2.25. The Labute approximate surface area is 111 Å². The summed E-state index contributed by atoms with van der Waals surface area (Å²) >= 11 is 2.77. The van der Waals surface area contributed by atoms with E-state index in [1.807, 2.05) is 0 Å². The Balaban J connectivity index is 3.45. The first-order chi connectivity index (χ1) is 8.60. The molecule has 19 heavy (non-hydrogen) atoms. The van der Waals surface area contributed by atoms with E-state index < -0.39 is 35.3 Å². The fourth-order valence-electron chi connectivity index (χ4n) is 1.31. The van der Waals surface area contributed by atoms with E-state index in [0.29, 0.717) is 6.20 Å². The summed E-state index contributed by atoms with van der Waals surface area (Å²) in [6.07, 6.45) is -9.54. The molecule has 0 N–H and O–H groups in total. The monoisotopic (exact) mass is 353 g/mol. The molecule has 1 rings (SSSR count). The molecule has 0 spiro atoms. The Hall–Kier alpha value is -1.19. The molecule has 1 aromatic rings. The van der Waals surface area contributed by atoms with Gasteiger partial charge in [-0.25, -0.2) is 0 Å². The number of aromatic nitrogens is 1. The second-order valence-electron chi connectivity index (χ2n) is 3.16. The molecule has 0 aliphatic rings. The zero-order valence-corrected chi connectivity index (χ0v) is 10.8. The van der Waals surface area contributed by atoms with E-state index in [0.717, 1.165) is 7.11 Å². The molecule has 108 valence electrons. The molecule has 0 saturated carbocycles. The summed E-state index contributed by atoms with van der Waals surface area (Å²) in [5, 5.41) is -0.301. The topological polar surface area (TPSA) is 31.4 Å². The first-order valence-electron chi connectivity index (χ1n) is 4.55. The molecule has 10 heteroatoms. The van der Waals surface area contributed by atoms with Crippen molar-refractivity contribution in [1.29, 1.82) is 0 Å². The highest BCUT2D eigenvalue weighted by atomic mass is 79.9. The van der Waals surface area contributed by atoms with Gasteiger partial charge >= 0.3 is 12.5 Å². The van der Waals surface area contributed by atoms with Crippen LogP contribution in [0.1, 0.15) is 11.3 Å². The van der Waals surface area contributed by atoms with Gasteiger partial charge in [0.25, 0.3) is 0 Å². The lowest BCUT2D eigenvalue weighted by atomic mass is 10.1. The first kappa shape index (κ1) is 15.9. The molecule has 0 saturated heterocycles. The van der Waals surface area contributed by atoms with Gasteiger partial charge in [-0.05, 0) is 0 Å². The Bertz CT molecular complexity index is 459. The van der Waals surface area contributed by atoms with Crippen LogP contribution in [0.3, 0.4) is 0 Å². The predicted octanol–water partition coefficient (Wildman–Crippen LogP) is 3.90. The Morgan fingerprint density at radius 1 is 1.21 bits per heavy atom. The molecule has 0 aliphatic heterocycles. The summed E-state index contributed by atoms with van der Waals surface area (Å²) in [4.78, 5) is 3.28. The van der Waals surface area contributed by atoms with Gasteiger partial charge in [-0.15, -0.1) is 13.2 Å². The molecular formula is C9H6BrF6NO2. The molecule has 0 atom stereocenters. The Kier molecular flexibility index (Phi) is 4.54. The summed E-state index contributed by atoms with van der Waals surface area (Å²) in [6, 6.07) is 0. The molecule has 1 heterocycles. The van der Waals surface area contributed by atoms with Gasteiger partial charge in [-0.2, -0.15) is 13.2 Å². The van der Waals surface area contributed by atoms with Gasteiger partial charge in [0.15, 0.2) is 11.5 Å². The number of hydrogen-bond donors (Lipinski definition) is 0. The summed E-state index contributed by atoms with van der Waals surface area (Å²) < 4.78 is 82.5. The number of rotatable bonds is 3. The van der Waals surface area contributed by atoms with Gasteiger partial charge < -0.3 is 9.47 Å². The molecule has 0 aliphatic carbocycles. The van der Waals surface area contributed by atoms with Crippen LogP contribution >= 0.6 is 15.9 Å². The van der Waals surface area contributed by atoms with Gasteiger partial charge in [-0.1, -0.05) is 15.9 Å². The molecule has 0 unspecified atom stereocenters. The van der Waals surface area contributed by atoms with E-state index in [4.69, 9.17) is 0 Å². The van der Waals surface area contributed by atoms with E-state index in [2.05, 4.69) is 30.4 Å². The summed E-state index contributed by atoms with van der Waals surface area (Å²) in [5.74, 6) is -2.21. The number of ether oxygens (including phenoxy) is 2. The number of methoxy groups -OCH3 is 1. The van der Waals surface area contributed by atoms with Crippen molar-refractivity contribution in [2.75, 3.05) is 7.11 Å². The molecular weight excluding hydrogens is 348 g/mol. The highest BCUT2D eigenvalue weighted by Crippen LogP contribution is 2.44. The zero-order valence-electron chi connectivity index (χ0n) is 9.19. The van der Waals surface area contributed by atoms with E-state index in [1.165, 1.54) is 0 Å². The highest BCUT2D eigenvalue weighted by Gasteiger charge is 2.41. The summed E-state index contributed by atoms with van der Waals surface area (Å²) in [5.41, 5.74) is -1.91. The number of pyridine rings is 1. The van der Waals surface area contributed by atoms with Crippen LogP contribution in [0.5, 0.6) is 11.5 Å². The van der Waals surface area contributed by atoms with Gasteiger partial charge in [0, 0.05) is 5.33 Å². The largest absolute Gasteiger partial charge is 0.573 e. The zero-order chi connectivity index (χ0) is 14.8. The second kappa shape index (κ2) is 5.43. The first-order valence-corrected chi connectivity index (χ1v) is 5.67. The number of hydrogen-bond acceptors (Lipinski definition) is 3. The fourth-order valence-corrected chi connectivity index (χ4v) is 1.73. The van der Waals surface area contributed by atoms with Crippen LogP contribution < -0.4 is 9.47 Å². The maximum absolute atomic E-state index is 12.8. The van der Waals surface area contributed by atoms with Crippen molar-refractivity contribution in [3.8, 4) is 11.5 Å². The van der Waals surface area contributed by atoms with Crippen LogP contribution in [-0.4, -0.2) is 18.5 Å². The molecule has 3 nitrogen and oxygen atoms in total. The van der Waals surface area contributed by atoms with Crippen LogP contribution in [0.2, 0.25) is 0 Å². The standard InChI is InChI=1S/C9H6BrF6NO2/c1-18-7-5(19-9(14,15)16)3-17-4(2-10)6(7)8(11,12)13/h3H,2H2,1H3. The molecule has 0 fully saturated rings. The van der Waals surface area contributed by atoms with Crippen LogP contribution in [0.4, 0.5) is 26.3 Å².